The van der Waals surface area contributed by atoms with Gasteiger partial charge in [-0.2, -0.15) is 0 Å². The molecule has 84 valence electrons. The molecule has 0 rings (SSSR count). The number of carbonyl (C=O) groups excluding carboxylic acids is 1. The molecule has 0 bridgehead atoms. The van der Waals surface area contributed by atoms with E-state index in [0.29, 0.717) is 0 Å². The third-order valence-electron chi connectivity index (χ3n) is 2.43. The molecule has 0 aromatic rings. The number of carbonyl (C=O) groups is 1. The van der Waals surface area contributed by atoms with Gasteiger partial charge < -0.3 is 5.32 Å². The minimum absolute atomic E-state index is 0.0466. The van der Waals surface area contributed by atoms with E-state index in [9.17, 15) is 4.79 Å². The highest BCUT2D eigenvalue weighted by atomic mass is 16.1. The van der Waals surface area contributed by atoms with Crippen LogP contribution in [0.25, 0.3) is 0 Å². The SMILES string of the molecule is C=CC(=O)N/C=C(\C=C)C(C)(C)CCC. The fourth-order valence-corrected chi connectivity index (χ4v) is 1.51. The van der Waals surface area contributed by atoms with Crippen LogP contribution in [0.15, 0.2) is 37.1 Å². The summed E-state index contributed by atoms with van der Waals surface area (Å²) in [5.74, 6) is -0.193. The maximum Gasteiger partial charge on any atom is 0.247 e. The predicted octanol–water partition coefficient (Wildman–Crippen LogP) is 3.18. The van der Waals surface area contributed by atoms with Gasteiger partial charge in [0.15, 0.2) is 0 Å². The van der Waals surface area contributed by atoms with E-state index in [1.165, 1.54) is 6.08 Å². The van der Waals surface area contributed by atoms with E-state index in [1.807, 2.05) is 0 Å². The van der Waals surface area contributed by atoms with Crippen LogP contribution in [-0.4, -0.2) is 5.91 Å². The van der Waals surface area contributed by atoms with Gasteiger partial charge in [0, 0.05) is 6.20 Å². The average molecular weight is 207 g/mol. The molecular weight excluding hydrogens is 186 g/mol. The lowest BCUT2D eigenvalue weighted by Gasteiger charge is -2.25. The highest BCUT2D eigenvalue weighted by Crippen LogP contribution is 2.31. The molecule has 0 saturated heterocycles. The van der Waals surface area contributed by atoms with Crippen LogP contribution in [0.2, 0.25) is 0 Å². The molecule has 0 saturated carbocycles. The quantitative estimate of drug-likeness (QED) is 0.526. The third-order valence-corrected chi connectivity index (χ3v) is 2.43. The van der Waals surface area contributed by atoms with Gasteiger partial charge in [0.1, 0.15) is 0 Å². The summed E-state index contributed by atoms with van der Waals surface area (Å²) in [5.41, 5.74) is 1.09. The summed E-state index contributed by atoms with van der Waals surface area (Å²) in [6, 6.07) is 0. The van der Waals surface area contributed by atoms with Crippen molar-refractivity contribution in [3.63, 3.8) is 0 Å². The summed E-state index contributed by atoms with van der Waals surface area (Å²) in [6.07, 6.45) is 6.93. The first-order valence-corrected chi connectivity index (χ1v) is 5.24. The fourth-order valence-electron chi connectivity index (χ4n) is 1.51. The van der Waals surface area contributed by atoms with Crippen LogP contribution in [0.4, 0.5) is 0 Å². The normalized spacial score (nSPS) is 12.1. The summed E-state index contributed by atoms with van der Waals surface area (Å²) in [7, 11) is 0. The van der Waals surface area contributed by atoms with E-state index >= 15 is 0 Å². The van der Waals surface area contributed by atoms with Crippen LogP contribution in [0.3, 0.4) is 0 Å². The minimum atomic E-state index is -0.193. The van der Waals surface area contributed by atoms with Crippen molar-refractivity contribution in [1.82, 2.24) is 5.32 Å². The summed E-state index contributed by atoms with van der Waals surface area (Å²) in [5, 5.41) is 2.66. The van der Waals surface area contributed by atoms with Gasteiger partial charge >= 0.3 is 0 Å². The molecule has 0 aliphatic heterocycles. The van der Waals surface area contributed by atoms with Gasteiger partial charge in [-0.3, -0.25) is 4.79 Å². The molecule has 0 aromatic carbocycles. The standard InChI is InChI=1S/C13H21NO/c1-6-9-13(4,5)11(7-2)10-14-12(15)8-3/h7-8,10H,2-3,6,9H2,1,4-5H3,(H,14,15)/b11-10+. The molecule has 0 atom stereocenters. The minimum Gasteiger partial charge on any atom is -0.329 e. The van der Waals surface area contributed by atoms with Gasteiger partial charge in [0.2, 0.25) is 5.91 Å². The Morgan fingerprint density at radius 2 is 1.93 bits per heavy atom. The summed E-state index contributed by atoms with van der Waals surface area (Å²) in [6.45, 7) is 13.6. The summed E-state index contributed by atoms with van der Waals surface area (Å²) < 4.78 is 0. The molecule has 2 nitrogen and oxygen atoms in total. The number of hydrogen-bond donors (Lipinski definition) is 1. The Bertz CT molecular complexity index is 274. The average Bonchev–Trinajstić information content (AvgIpc) is 2.17. The van der Waals surface area contributed by atoms with Crippen molar-refractivity contribution in [3.05, 3.63) is 37.1 Å². The van der Waals surface area contributed by atoms with E-state index in [0.717, 1.165) is 18.4 Å². The second-order valence-corrected chi connectivity index (χ2v) is 4.15. The van der Waals surface area contributed by atoms with Crippen LogP contribution >= 0.6 is 0 Å². The monoisotopic (exact) mass is 207 g/mol. The number of hydrogen-bond acceptors (Lipinski definition) is 1. The van der Waals surface area contributed by atoms with Gasteiger partial charge in [0.05, 0.1) is 0 Å². The predicted molar refractivity (Wildman–Crippen MR) is 65.3 cm³/mol. The van der Waals surface area contributed by atoms with E-state index in [4.69, 9.17) is 0 Å². The van der Waals surface area contributed by atoms with Crippen molar-refractivity contribution < 1.29 is 4.79 Å². The lowest BCUT2D eigenvalue weighted by molar-refractivity contribution is -0.115. The van der Waals surface area contributed by atoms with Crippen LogP contribution in [0.1, 0.15) is 33.6 Å². The largest absolute Gasteiger partial charge is 0.329 e. The van der Waals surface area contributed by atoms with Gasteiger partial charge in [0.25, 0.3) is 0 Å². The number of nitrogens with one attached hydrogen (secondary N) is 1. The highest BCUT2D eigenvalue weighted by Gasteiger charge is 2.19. The molecule has 0 unspecified atom stereocenters. The number of amides is 1. The molecular formula is C13H21NO. The molecule has 0 fully saturated rings. The zero-order chi connectivity index (χ0) is 11.9. The molecule has 0 spiro atoms. The van der Waals surface area contributed by atoms with E-state index in [2.05, 4.69) is 39.2 Å². The van der Waals surface area contributed by atoms with E-state index < -0.39 is 0 Å². The maximum atomic E-state index is 11.0. The maximum absolute atomic E-state index is 11.0. The lowest BCUT2D eigenvalue weighted by atomic mass is 9.80. The summed E-state index contributed by atoms with van der Waals surface area (Å²) in [4.78, 5) is 11.0. The number of allylic oxidation sites excluding steroid dienone is 2. The first-order chi connectivity index (χ1) is 6.97. The molecule has 0 radical (unpaired) electrons. The van der Waals surface area contributed by atoms with Crippen molar-refractivity contribution in [2.45, 2.75) is 33.6 Å². The Morgan fingerprint density at radius 1 is 1.33 bits per heavy atom. The topological polar surface area (TPSA) is 29.1 Å². The van der Waals surface area contributed by atoms with Crippen LogP contribution < -0.4 is 5.32 Å². The molecule has 0 aromatic heterocycles. The second-order valence-electron chi connectivity index (χ2n) is 4.15. The molecule has 15 heavy (non-hydrogen) atoms. The summed E-state index contributed by atoms with van der Waals surface area (Å²) >= 11 is 0. The third kappa shape index (κ3) is 4.63. The molecule has 1 amide bonds. The first kappa shape index (κ1) is 13.7. The van der Waals surface area contributed by atoms with Gasteiger partial charge in [-0.25, -0.2) is 0 Å². The Hall–Kier alpha value is -1.31. The molecule has 2 heteroatoms. The second kappa shape index (κ2) is 6.23. The Labute approximate surface area is 92.8 Å². The van der Waals surface area contributed by atoms with Gasteiger partial charge in [-0.15, -0.1) is 0 Å². The zero-order valence-electron chi connectivity index (χ0n) is 9.97. The Kier molecular flexibility index (Phi) is 5.68. The van der Waals surface area contributed by atoms with Crippen molar-refractivity contribution in [3.8, 4) is 0 Å². The van der Waals surface area contributed by atoms with Crippen molar-refractivity contribution in [2.75, 3.05) is 0 Å². The van der Waals surface area contributed by atoms with E-state index in [1.54, 1.807) is 12.3 Å². The van der Waals surface area contributed by atoms with E-state index in [-0.39, 0.29) is 11.3 Å². The first-order valence-electron chi connectivity index (χ1n) is 5.24. The fraction of sp³-hybridized carbons (Fsp3) is 0.462. The van der Waals surface area contributed by atoms with Crippen LogP contribution in [-0.2, 0) is 4.79 Å². The lowest BCUT2D eigenvalue weighted by Crippen LogP contribution is -2.19. The smallest absolute Gasteiger partial charge is 0.247 e. The Morgan fingerprint density at radius 3 is 2.33 bits per heavy atom. The molecule has 0 heterocycles. The molecule has 1 N–H and O–H groups in total. The Balaban J connectivity index is 4.66. The highest BCUT2D eigenvalue weighted by molar-refractivity contribution is 5.87. The van der Waals surface area contributed by atoms with Crippen LogP contribution in [0, 0.1) is 5.41 Å². The van der Waals surface area contributed by atoms with Crippen molar-refractivity contribution in [1.29, 1.82) is 0 Å². The van der Waals surface area contributed by atoms with Crippen molar-refractivity contribution in [2.24, 2.45) is 5.41 Å². The van der Waals surface area contributed by atoms with Gasteiger partial charge in [-0.1, -0.05) is 46.4 Å². The molecule has 0 aliphatic rings. The van der Waals surface area contributed by atoms with Crippen LogP contribution in [0.5, 0.6) is 0 Å². The van der Waals surface area contributed by atoms with Gasteiger partial charge in [-0.05, 0) is 23.5 Å². The molecule has 0 aliphatic carbocycles. The number of rotatable bonds is 6. The zero-order valence-corrected chi connectivity index (χ0v) is 9.97. The van der Waals surface area contributed by atoms with Crippen molar-refractivity contribution >= 4 is 5.91 Å².